The van der Waals surface area contributed by atoms with E-state index in [9.17, 15) is 9.90 Å². The van der Waals surface area contributed by atoms with Crippen LogP contribution < -0.4 is 16.2 Å². The Hall–Kier alpha value is -2.91. The summed E-state index contributed by atoms with van der Waals surface area (Å²) in [5, 5.41) is 11.7. The Labute approximate surface area is 264 Å². The maximum Gasteiger partial charge on any atom is 0.310 e. The fourth-order valence-corrected chi connectivity index (χ4v) is 5.54. The van der Waals surface area contributed by atoms with E-state index in [1.807, 2.05) is 33.8 Å². The highest BCUT2D eigenvalue weighted by Gasteiger charge is 2.36. The summed E-state index contributed by atoms with van der Waals surface area (Å²) in [6.07, 6.45) is 3.75. The lowest BCUT2D eigenvalue weighted by Crippen LogP contribution is -2.50. The number of carbonyl (C=O) groups excluding carboxylic acids is 1. The van der Waals surface area contributed by atoms with Crippen LogP contribution in [0.3, 0.4) is 0 Å². The molecule has 0 aliphatic carbocycles. The Morgan fingerprint density at radius 3 is 2.27 bits per heavy atom. The molecular formula is C36H55N3O5. The lowest BCUT2D eigenvalue weighted by Gasteiger charge is -2.33. The lowest BCUT2D eigenvalue weighted by atomic mass is 9.80. The number of aromatic nitrogens is 1. The Balaban J connectivity index is 1.53. The molecule has 8 nitrogen and oxygen atoms in total. The number of nitrogens with zero attached hydrogens (tertiary/aromatic N) is 1. The zero-order valence-electron chi connectivity index (χ0n) is 27.9. The van der Waals surface area contributed by atoms with Crippen molar-refractivity contribution < 1.29 is 24.1 Å². The van der Waals surface area contributed by atoms with Gasteiger partial charge in [-0.2, -0.15) is 0 Å². The molecule has 0 fully saturated rings. The number of rotatable bonds is 18. The van der Waals surface area contributed by atoms with Crippen LogP contribution in [0.1, 0.15) is 85.3 Å². The van der Waals surface area contributed by atoms with Crippen LogP contribution in [-0.4, -0.2) is 59.8 Å². The molecule has 0 aliphatic heterocycles. The molecule has 1 heterocycles. The molecule has 5 N–H and O–H groups in total. The number of unbranched alkanes of at least 4 members (excludes halogenated alkanes) is 1. The first-order valence-electron chi connectivity index (χ1n) is 16.0. The summed E-state index contributed by atoms with van der Waals surface area (Å²) in [7, 11) is 1.74. The van der Waals surface area contributed by atoms with Gasteiger partial charge in [-0.05, 0) is 109 Å². The number of nitrogens with two attached hydrogens (primary N) is 2. The summed E-state index contributed by atoms with van der Waals surface area (Å²) in [5.74, 6) is -0.0770. The van der Waals surface area contributed by atoms with Crippen molar-refractivity contribution in [3.05, 3.63) is 54.1 Å². The number of carbonyl (C=O) groups is 1. The average Bonchev–Trinajstić information content (AvgIpc) is 3.33. The molecule has 44 heavy (non-hydrogen) atoms. The van der Waals surface area contributed by atoms with Crippen molar-refractivity contribution >= 4 is 16.9 Å². The van der Waals surface area contributed by atoms with Crippen molar-refractivity contribution in [3.63, 3.8) is 0 Å². The normalized spacial score (nSPS) is 13.8. The number of aryl methyl sites for hydroxylation is 1. The number of esters is 1. The third-order valence-corrected chi connectivity index (χ3v) is 7.92. The quantitative estimate of drug-likeness (QED) is 0.113. The van der Waals surface area contributed by atoms with E-state index < -0.39 is 23.1 Å². The molecule has 0 radical (unpaired) electrons. The highest BCUT2D eigenvalue weighted by molar-refractivity contribution is 5.88. The smallest absolute Gasteiger partial charge is 0.310 e. The number of methoxy groups -OCH3 is 1. The van der Waals surface area contributed by atoms with Gasteiger partial charge in [-0.15, -0.1) is 0 Å². The number of aliphatic hydroxyl groups excluding tert-OH is 1. The standard InChI is InChI=1S/C36H55N3O5/c1-25(2)39-32(27-15-13-26(14-16-27)11-10-19-42-7)21-28-17-18-30(22-33(28)39)44-24-29(40)12-8-9-20-43-34(41)31(36(5,6)38)23-35(3,4)37/h13-18,21-22,25,29,31,40H,8-12,19-20,23-24,37-38H2,1-7H3. The molecule has 1 aromatic heterocycles. The highest BCUT2D eigenvalue weighted by atomic mass is 16.5. The first-order chi connectivity index (χ1) is 20.7. The fraction of sp³-hybridized carbons (Fsp3) is 0.583. The lowest BCUT2D eigenvalue weighted by molar-refractivity contribution is -0.151. The predicted octanol–water partition coefficient (Wildman–Crippen LogP) is 6.40. The number of benzene rings is 2. The summed E-state index contributed by atoms with van der Waals surface area (Å²) < 4.78 is 19.1. The van der Waals surface area contributed by atoms with Gasteiger partial charge >= 0.3 is 5.97 Å². The molecule has 8 heteroatoms. The summed E-state index contributed by atoms with van der Waals surface area (Å²) in [5.41, 5.74) is 15.9. The first-order valence-corrected chi connectivity index (χ1v) is 16.0. The maximum atomic E-state index is 12.7. The zero-order valence-corrected chi connectivity index (χ0v) is 27.9. The van der Waals surface area contributed by atoms with Crippen LogP contribution in [0.4, 0.5) is 0 Å². The summed E-state index contributed by atoms with van der Waals surface area (Å²) in [6, 6.07) is 17.4. The summed E-state index contributed by atoms with van der Waals surface area (Å²) in [6.45, 7) is 13.0. The molecule has 0 spiro atoms. The molecule has 0 saturated heterocycles. The third-order valence-electron chi connectivity index (χ3n) is 7.92. The second-order valence-corrected chi connectivity index (χ2v) is 13.7. The van der Waals surface area contributed by atoms with Gasteiger partial charge in [0.05, 0.1) is 24.1 Å². The van der Waals surface area contributed by atoms with Gasteiger partial charge in [0.1, 0.15) is 12.4 Å². The highest BCUT2D eigenvalue weighted by Crippen LogP contribution is 2.34. The number of fused-ring (bicyclic) bond motifs is 1. The first kappa shape index (κ1) is 35.6. The number of aliphatic hydroxyl groups is 1. The molecule has 2 unspecified atom stereocenters. The van der Waals surface area contributed by atoms with Crippen molar-refractivity contribution in [3.8, 4) is 17.0 Å². The Morgan fingerprint density at radius 2 is 1.66 bits per heavy atom. The topological polar surface area (TPSA) is 122 Å². The van der Waals surface area contributed by atoms with Crippen molar-refractivity contribution in [2.24, 2.45) is 17.4 Å². The van der Waals surface area contributed by atoms with Crippen molar-refractivity contribution in [1.29, 1.82) is 0 Å². The minimum atomic E-state index is -0.724. The van der Waals surface area contributed by atoms with E-state index in [1.165, 1.54) is 16.8 Å². The molecular weight excluding hydrogens is 554 g/mol. The molecule has 2 atom stereocenters. The van der Waals surface area contributed by atoms with Crippen LogP contribution >= 0.6 is 0 Å². The van der Waals surface area contributed by atoms with Crippen LogP contribution in [0.25, 0.3) is 22.2 Å². The Bertz CT molecular complexity index is 1320. The molecule has 3 rings (SSSR count). The van der Waals surface area contributed by atoms with E-state index in [-0.39, 0.29) is 25.2 Å². The average molecular weight is 610 g/mol. The minimum absolute atomic E-state index is 0.195. The van der Waals surface area contributed by atoms with Gasteiger partial charge in [0.25, 0.3) is 0 Å². The van der Waals surface area contributed by atoms with Gasteiger partial charge in [-0.3, -0.25) is 4.79 Å². The van der Waals surface area contributed by atoms with Crippen LogP contribution in [-0.2, 0) is 20.7 Å². The van der Waals surface area contributed by atoms with E-state index in [0.717, 1.165) is 36.1 Å². The number of hydrogen-bond acceptors (Lipinski definition) is 7. The van der Waals surface area contributed by atoms with Gasteiger partial charge < -0.3 is 35.4 Å². The maximum absolute atomic E-state index is 12.7. The van der Waals surface area contributed by atoms with Crippen molar-refractivity contribution in [2.75, 3.05) is 26.9 Å². The number of hydrogen-bond donors (Lipinski definition) is 3. The molecule has 0 bridgehead atoms. The minimum Gasteiger partial charge on any atom is -0.491 e. The van der Waals surface area contributed by atoms with Crippen LogP contribution in [0.5, 0.6) is 5.75 Å². The molecule has 0 saturated carbocycles. The monoisotopic (exact) mass is 609 g/mol. The fourth-order valence-electron chi connectivity index (χ4n) is 5.54. The zero-order chi connectivity index (χ0) is 32.5. The number of ether oxygens (including phenoxy) is 3. The largest absolute Gasteiger partial charge is 0.491 e. The summed E-state index contributed by atoms with van der Waals surface area (Å²) in [4.78, 5) is 12.7. The Morgan fingerprint density at radius 1 is 0.955 bits per heavy atom. The molecule has 3 aromatic rings. The van der Waals surface area contributed by atoms with Gasteiger partial charge in [-0.25, -0.2) is 0 Å². The van der Waals surface area contributed by atoms with Gasteiger partial charge in [0.15, 0.2) is 0 Å². The van der Waals surface area contributed by atoms with E-state index in [2.05, 4.69) is 60.9 Å². The van der Waals surface area contributed by atoms with Crippen LogP contribution in [0.2, 0.25) is 0 Å². The Kier molecular flexibility index (Phi) is 12.8. The second-order valence-electron chi connectivity index (χ2n) is 13.7. The predicted molar refractivity (Wildman–Crippen MR) is 179 cm³/mol. The SMILES string of the molecule is COCCCc1ccc(-c2cc3ccc(OCC(O)CCCCOC(=O)C(CC(C)(C)N)C(C)(C)N)cc3n2C(C)C)cc1. The molecule has 0 aliphatic rings. The van der Waals surface area contributed by atoms with Gasteiger partial charge in [-0.1, -0.05) is 24.3 Å². The van der Waals surface area contributed by atoms with Crippen LogP contribution in [0, 0.1) is 5.92 Å². The third kappa shape index (κ3) is 10.6. The molecule has 0 amide bonds. The van der Waals surface area contributed by atoms with Crippen LogP contribution in [0.15, 0.2) is 48.5 Å². The van der Waals surface area contributed by atoms with E-state index >= 15 is 0 Å². The summed E-state index contributed by atoms with van der Waals surface area (Å²) >= 11 is 0. The van der Waals surface area contributed by atoms with Crippen molar-refractivity contribution in [1.82, 2.24) is 4.57 Å². The van der Waals surface area contributed by atoms with Gasteiger partial charge in [0.2, 0.25) is 0 Å². The second kappa shape index (κ2) is 15.9. The van der Waals surface area contributed by atoms with E-state index in [0.29, 0.717) is 25.7 Å². The van der Waals surface area contributed by atoms with Crippen molar-refractivity contribution in [2.45, 2.75) is 103 Å². The molecule has 2 aromatic carbocycles. The van der Waals surface area contributed by atoms with E-state index in [4.69, 9.17) is 25.7 Å². The molecule has 244 valence electrons. The van der Waals surface area contributed by atoms with Gasteiger partial charge in [0, 0.05) is 48.0 Å². The van der Waals surface area contributed by atoms with E-state index in [1.54, 1.807) is 7.11 Å².